The van der Waals surface area contributed by atoms with Crippen LogP contribution in [0, 0.1) is 4.78 Å². The molecule has 12 heavy (non-hydrogen) atoms. The number of nitrogens with one attached hydrogen (secondary N) is 1. The minimum absolute atomic E-state index is 0.118. The summed E-state index contributed by atoms with van der Waals surface area (Å²) < 4.78 is 30.9. The fraction of sp³-hybridized carbons (Fsp3) is 0.143. The summed E-state index contributed by atoms with van der Waals surface area (Å²) in [6, 6.07) is 7.71. The van der Waals surface area contributed by atoms with Crippen molar-refractivity contribution in [1.29, 1.82) is 4.78 Å². The Morgan fingerprint density at radius 2 is 1.92 bits per heavy atom. The van der Waals surface area contributed by atoms with Gasteiger partial charge in [0.2, 0.25) is 0 Å². The van der Waals surface area contributed by atoms with Crippen molar-refractivity contribution >= 4 is 21.3 Å². The van der Waals surface area contributed by atoms with Gasteiger partial charge in [-0.1, -0.05) is 29.8 Å². The van der Waals surface area contributed by atoms with Crippen LogP contribution in [0.1, 0.15) is 0 Å². The second-order valence-electron chi connectivity index (χ2n) is 2.17. The van der Waals surface area contributed by atoms with Crippen molar-refractivity contribution in [1.82, 2.24) is 0 Å². The molecule has 2 unspecified atom stereocenters. The maximum Gasteiger partial charge on any atom is 0.259 e. The van der Waals surface area contributed by atoms with E-state index in [0.29, 0.717) is 0 Å². The molecule has 0 heterocycles. The van der Waals surface area contributed by atoms with Gasteiger partial charge in [-0.05, 0) is 12.1 Å². The Labute approximate surface area is 75.3 Å². The van der Waals surface area contributed by atoms with E-state index < -0.39 is 14.7 Å². The molecule has 1 rings (SSSR count). The topological polar surface area (TPSA) is 40.9 Å². The summed E-state index contributed by atoms with van der Waals surface area (Å²) in [5.74, 6) is 0. The van der Waals surface area contributed by atoms with E-state index in [1.54, 1.807) is 18.2 Å². The Morgan fingerprint density at radius 3 is 2.33 bits per heavy atom. The van der Waals surface area contributed by atoms with Crippen LogP contribution in [-0.2, 0) is 9.73 Å². The van der Waals surface area contributed by atoms with Gasteiger partial charge < -0.3 is 0 Å². The standard InChI is InChI=1S/C7H7ClFNOS/c8-7(9)12(10,11)6-4-2-1-3-5-6/h1-5,7,10H. The van der Waals surface area contributed by atoms with Crippen LogP contribution in [0.15, 0.2) is 35.2 Å². The zero-order chi connectivity index (χ0) is 9.19. The lowest BCUT2D eigenvalue weighted by atomic mass is 10.4. The van der Waals surface area contributed by atoms with Crippen molar-refractivity contribution in [3.8, 4) is 0 Å². The van der Waals surface area contributed by atoms with Crippen LogP contribution < -0.4 is 0 Å². The van der Waals surface area contributed by atoms with E-state index in [0.717, 1.165) is 0 Å². The first kappa shape index (κ1) is 9.48. The molecule has 0 aromatic heterocycles. The Bertz CT molecular complexity index is 349. The van der Waals surface area contributed by atoms with Crippen molar-refractivity contribution in [3.63, 3.8) is 0 Å². The maximum absolute atomic E-state index is 12.5. The first-order valence-corrected chi connectivity index (χ1v) is 5.22. The summed E-state index contributed by atoms with van der Waals surface area (Å²) in [6.07, 6.45) is 0. The van der Waals surface area contributed by atoms with Gasteiger partial charge in [0.05, 0.1) is 4.90 Å². The number of hydrogen-bond donors (Lipinski definition) is 1. The molecule has 2 atom stereocenters. The summed E-state index contributed by atoms with van der Waals surface area (Å²) in [6.45, 7) is 0. The smallest absolute Gasteiger partial charge is 0.245 e. The van der Waals surface area contributed by atoms with Gasteiger partial charge in [-0.25, -0.2) is 13.4 Å². The molecule has 0 spiro atoms. The zero-order valence-corrected chi connectivity index (χ0v) is 7.61. The molecule has 0 bridgehead atoms. The fourth-order valence-electron chi connectivity index (χ4n) is 0.726. The molecule has 0 amide bonds. The van der Waals surface area contributed by atoms with E-state index in [1.165, 1.54) is 12.1 Å². The first-order chi connectivity index (χ1) is 5.55. The third-order valence-electron chi connectivity index (χ3n) is 1.34. The molecule has 0 aliphatic carbocycles. The zero-order valence-electron chi connectivity index (χ0n) is 6.04. The van der Waals surface area contributed by atoms with Gasteiger partial charge >= 0.3 is 0 Å². The molecule has 0 aliphatic rings. The maximum atomic E-state index is 12.5. The second kappa shape index (κ2) is 3.41. The monoisotopic (exact) mass is 207 g/mol. The van der Waals surface area contributed by atoms with Gasteiger partial charge in [0.1, 0.15) is 9.73 Å². The Morgan fingerprint density at radius 1 is 1.42 bits per heavy atom. The Balaban J connectivity index is 3.17. The largest absolute Gasteiger partial charge is 0.259 e. The lowest BCUT2D eigenvalue weighted by Crippen LogP contribution is -2.07. The van der Waals surface area contributed by atoms with Gasteiger partial charge in [-0.15, -0.1) is 0 Å². The third kappa shape index (κ3) is 1.76. The van der Waals surface area contributed by atoms with Gasteiger partial charge in [0.25, 0.3) is 4.96 Å². The van der Waals surface area contributed by atoms with Crippen LogP contribution in [0.4, 0.5) is 4.39 Å². The fourth-order valence-corrected chi connectivity index (χ4v) is 1.80. The van der Waals surface area contributed by atoms with Crippen LogP contribution in [-0.4, -0.2) is 9.17 Å². The molecule has 1 aromatic rings. The average molecular weight is 208 g/mol. The van der Waals surface area contributed by atoms with E-state index in [4.69, 9.17) is 16.4 Å². The summed E-state index contributed by atoms with van der Waals surface area (Å²) in [5, 5.41) is 0. The van der Waals surface area contributed by atoms with Crippen LogP contribution in [0.3, 0.4) is 0 Å². The number of alkyl halides is 2. The molecule has 2 nitrogen and oxygen atoms in total. The lowest BCUT2D eigenvalue weighted by Gasteiger charge is -2.05. The van der Waals surface area contributed by atoms with E-state index >= 15 is 0 Å². The molecular formula is C7H7ClFNOS. The molecule has 0 fully saturated rings. The highest BCUT2D eigenvalue weighted by atomic mass is 35.5. The molecule has 0 saturated carbocycles. The molecule has 1 aromatic carbocycles. The molecule has 66 valence electrons. The molecule has 0 radical (unpaired) electrons. The summed E-state index contributed by atoms with van der Waals surface area (Å²) in [5.41, 5.74) is 0. The summed E-state index contributed by atoms with van der Waals surface area (Å²) in [4.78, 5) is -2.03. The predicted octanol–water partition coefficient (Wildman–Crippen LogP) is 2.58. The Hall–Kier alpha value is -0.610. The van der Waals surface area contributed by atoms with E-state index in [-0.39, 0.29) is 4.90 Å². The highest BCUT2D eigenvalue weighted by Crippen LogP contribution is 2.19. The van der Waals surface area contributed by atoms with Crippen LogP contribution in [0.25, 0.3) is 0 Å². The average Bonchev–Trinajstić information content (AvgIpc) is 2.06. The number of hydrogen-bond acceptors (Lipinski definition) is 2. The van der Waals surface area contributed by atoms with Gasteiger partial charge in [0, 0.05) is 0 Å². The molecular weight excluding hydrogens is 201 g/mol. The second-order valence-corrected chi connectivity index (χ2v) is 4.90. The molecule has 0 saturated heterocycles. The van der Waals surface area contributed by atoms with Gasteiger partial charge in [0.15, 0.2) is 0 Å². The quantitative estimate of drug-likeness (QED) is 0.745. The van der Waals surface area contributed by atoms with Crippen LogP contribution in [0.2, 0.25) is 0 Å². The molecule has 1 N–H and O–H groups in total. The number of halogens is 2. The van der Waals surface area contributed by atoms with Crippen molar-refractivity contribution in [2.24, 2.45) is 0 Å². The van der Waals surface area contributed by atoms with Crippen molar-refractivity contribution < 1.29 is 8.60 Å². The highest BCUT2D eigenvalue weighted by molar-refractivity contribution is 7.94. The minimum atomic E-state index is -3.48. The Kier molecular flexibility index (Phi) is 2.69. The first-order valence-electron chi connectivity index (χ1n) is 3.16. The van der Waals surface area contributed by atoms with Crippen molar-refractivity contribution in [3.05, 3.63) is 30.3 Å². The van der Waals surface area contributed by atoms with Crippen molar-refractivity contribution in [2.75, 3.05) is 0 Å². The SMILES string of the molecule is N=S(=O)(c1ccccc1)C(F)Cl. The van der Waals surface area contributed by atoms with Gasteiger partial charge in [-0.3, -0.25) is 0 Å². The predicted molar refractivity (Wildman–Crippen MR) is 46.3 cm³/mol. The van der Waals surface area contributed by atoms with E-state index in [1.807, 2.05) is 0 Å². The van der Waals surface area contributed by atoms with Crippen LogP contribution >= 0.6 is 11.6 Å². The lowest BCUT2D eigenvalue weighted by molar-refractivity contribution is 0.534. The van der Waals surface area contributed by atoms with E-state index in [9.17, 15) is 8.60 Å². The number of rotatable bonds is 2. The summed E-state index contributed by atoms with van der Waals surface area (Å²) >= 11 is 4.97. The highest BCUT2D eigenvalue weighted by Gasteiger charge is 2.19. The summed E-state index contributed by atoms with van der Waals surface area (Å²) in [7, 11) is -3.48. The van der Waals surface area contributed by atoms with Crippen molar-refractivity contribution in [2.45, 2.75) is 9.86 Å². The third-order valence-corrected chi connectivity index (χ3v) is 3.57. The minimum Gasteiger partial charge on any atom is -0.245 e. The van der Waals surface area contributed by atoms with E-state index in [2.05, 4.69) is 0 Å². The molecule has 0 aliphatic heterocycles. The van der Waals surface area contributed by atoms with Gasteiger partial charge in [-0.2, -0.15) is 0 Å². The van der Waals surface area contributed by atoms with Crippen LogP contribution in [0.5, 0.6) is 0 Å². The molecule has 5 heteroatoms. The number of benzene rings is 1. The normalized spacial score (nSPS) is 18.2.